The van der Waals surface area contributed by atoms with E-state index in [1.807, 2.05) is 45.3 Å². The van der Waals surface area contributed by atoms with Crippen LogP contribution in [-0.4, -0.2) is 6.71 Å². The summed E-state index contributed by atoms with van der Waals surface area (Å²) in [5, 5.41) is 7.67. The van der Waals surface area contributed by atoms with Crippen molar-refractivity contribution in [2.75, 3.05) is 14.7 Å². The lowest BCUT2D eigenvalue weighted by atomic mass is 9.33. The second kappa shape index (κ2) is 15.9. The fourth-order valence-electron chi connectivity index (χ4n) is 11.2. The molecule has 0 bridgehead atoms. The van der Waals surface area contributed by atoms with Gasteiger partial charge in [-0.25, -0.2) is 0 Å². The van der Waals surface area contributed by atoms with Gasteiger partial charge >= 0.3 is 0 Å². The Hall–Kier alpha value is -7.72. The standard InChI is InChI=1S/C62H38BN3S4/c1-5-21-39(22-6-1)59-57(46-31-15-19-35-52(46)67-59)65-48-37-43(64(41-25-9-3-10-26-41)42-27-11-4-12-28-42)38-49-56(48)63(54-44-29-13-17-33-50(44)69-61(54)65)55-45-30-14-18-34-51(45)70-62(55)66(49)58-47-32-16-20-36-53(47)68-60(58)40-23-7-2-8-24-40/h1-38H. The first-order valence-corrected chi connectivity index (χ1v) is 26.9. The molecule has 0 aliphatic carbocycles. The molecule has 13 aromatic rings. The third-order valence-corrected chi connectivity index (χ3v) is 18.8. The smallest absolute Gasteiger partial charge is 0.256 e. The highest BCUT2D eigenvalue weighted by atomic mass is 32.1. The molecular weight excluding hydrogens is 926 g/mol. The van der Waals surface area contributed by atoms with E-state index in [4.69, 9.17) is 0 Å². The molecule has 0 unspecified atom stereocenters. The van der Waals surface area contributed by atoms with Gasteiger partial charge in [0.2, 0.25) is 0 Å². The van der Waals surface area contributed by atoms with Crippen molar-refractivity contribution in [3.8, 4) is 20.9 Å². The number of rotatable bonds is 7. The molecule has 6 heterocycles. The van der Waals surface area contributed by atoms with E-state index in [1.165, 1.54) is 110 Å². The van der Waals surface area contributed by atoms with E-state index in [0.29, 0.717) is 0 Å². The number of hydrogen-bond donors (Lipinski definition) is 0. The predicted molar refractivity (Wildman–Crippen MR) is 308 cm³/mol. The van der Waals surface area contributed by atoms with Crippen LogP contribution in [0.5, 0.6) is 0 Å². The molecule has 0 saturated carbocycles. The zero-order valence-electron chi connectivity index (χ0n) is 37.5. The fourth-order valence-corrected chi connectivity index (χ4v) is 16.1. The van der Waals surface area contributed by atoms with Gasteiger partial charge in [0.25, 0.3) is 6.71 Å². The van der Waals surface area contributed by atoms with Crippen LogP contribution < -0.4 is 31.1 Å². The summed E-state index contributed by atoms with van der Waals surface area (Å²) >= 11 is 7.64. The largest absolute Gasteiger partial charge is 0.310 e. The highest BCUT2D eigenvalue weighted by Crippen LogP contribution is 2.58. The zero-order valence-corrected chi connectivity index (χ0v) is 40.8. The Balaban J connectivity index is 1.15. The third-order valence-electron chi connectivity index (χ3n) is 14.0. The molecular formula is C62H38BN3S4. The summed E-state index contributed by atoms with van der Waals surface area (Å²) in [5.74, 6) is 0. The third kappa shape index (κ3) is 5.98. The molecule has 15 rings (SSSR count). The Morgan fingerprint density at radius 1 is 0.314 bits per heavy atom. The van der Waals surface area contributed by atoms with Crippen LogP contribution in [0.4, 0.5) is 49.8 Å². The summed E-state index contributed by atoms with van der Waals surface area (Å²) in [6, 6.07) is 85.3. The number of para-hydroxylation sites is 2. The molecule has 328 valence electrons. The van der Waals surface area contributed by atoms with Gasteiger partial charge in [0.05, 0.1) is 36.8 Å². The second-order valence-electron chi connectivity index (χ2n) is 17.9. The lowest BCUT2D eigenvalue weighted by Gasteiger charge is -2.43. The molecule has 2 aliphatic rings. The average molecular weight is 964 g/mol. The number of thiophene rings is 4. The summed E-state index contributed by atoms with van der Waals surface area (Å²) in [5.41, 5.74) is 14.6. The van der Waals surface area contributed by atoms with Gasteiger partial charge < -0.3 is 14.7 Å². The highest BCUT2D eigenvalue weighted by Gasteiger charge is 2.49. The maximum atomic E-state index is 2.69. The predicted octanol–water partition coefficient (Wildman–Crippen LogP) is 17.4. The maximum Gasteiger partial charge on any atom is 0.256 e. The second-order valence-corrected chi connectivity index (χ2v) is 22.1. The SMILES string of the molecule is c1ccc(-c2sc3ccccc3c2N2c3cc(N(c4ccccc4)c4ccccc4)cc4c3B(c3c2sc2ccccc32)c2c(sc3ccccc23)N4c2c(-c3ccccc3)sc3ccccc23)cc1. The Bertz CT molecular complexity index is 3890. The summed E-state index contributed by atoms with van der Waals surface area (Å²) in [4.78, 5) is 10.4. The molecule has 0 saturated heterocycles. The molecule has 0 radical (unpaired) electrons. The Morgan fingerprint density at radius 2 is 0.657 bits per heavy atom. The van der Waals surface area contributed by atoms with Crippen LogP contribution in [0.2, 0.25) is 0 Å². The first kappa shape index (κ1) is 40.2. The van der Waals surface area contributed by atoms with Gasteiger partial charge in [0.15, 0.2) is 0 Å². The van der Waals surface area contributed by atoms with Crippen molar-refractivity contribution in [1.82, 2.24) is 0 Å². The van der Waals surface area contributed by atoms with Crippen LogP contribution >= 0.6 is 45.3 Å². The summed E-state index contributed by atoms with van der Waals surface area (Å²) in [6.07, 6.45) is 0. The van der Waals surface area contributed by atoms with Crippen LogP contribution in [0.25, 0.3) is 61.2 Å². The number of benzene rings is 9. The summed E-state index contributed by atoms with van der Waals surface area (Å²) < 4.78 is 5.13. The van der Waals surface area contributed by atoms with Gasteiger partial charge in [-0.05, 0) is 99.0 Å². The van der Waals surface area contributed by atoms with Gasteiger partial charge in [0.1, 0.15) is 0 Å². The highest BCUT2D eigenvalue weighted by molar-refractivity contribution is 7.30. The number of anilines is 9. The number of hydrogen-bond acceptors (Lipinski definition) is 7. The number of nitrogens with zero attached hydrogens (tertiary/aromatic N) is 3. The topological polar surface area (TPSA) is 9.72 Å². The van der Waals surface area contributed by atoms with Crippen molar-refractivity contribution in [2.45, 2.75) is 0 Å². The first-order chi connectivity index (χ1) is 34.8. The lowest BCUT2D eigenvalue weighted by molar-refractivity contribution is 1.25. The van der Waals surface area contributed by atoms with Gasteiger partial charge in [0, 0.05) is 52.3 Å². The molecule has 70 heavy (non-hydrogen) atoms. The molecule has 9 aromatic carbocycles. The van der Waals surface area contributed by atoms with Gasteiger partial charge in [-0.15, -0.1) is 45.3 Å². The fraction of sp³-hybridized carbons (Fsp3) is 0. The van der Waals surface area contributed by atoms with E-state index < -0.39 is 0 Å². The monoisotopic (exact) mass is 963 g/mol. The normalized spacial score (nSPS) is 12.8. The quantitative estimate of drug-likeness (QED) is 0.147. The summed E-state index contributed by atoms with van der Waals surface area (Å²) in [7, 11) is 0. The van der Waals surface area contributed by atoms with E-state index in [-0.39, 0.29) is 6.71 Å². The van der Waals surface area contributed by atoms with Crippen LogP contribution in [-0.2, 0) is 0 Å². The molecule has 0 amide bonds. The number of fused-ring (bicyclic) bond motifs is 10. The van der Waals surface area contributed by atoms with E-state index in [1.54, 1.807) is 0 Å². The van der Waals surface area contributed by atoms with E-state index in [9.17, 15) is 0 Å². The minimum absolute atomic E-state index is 0.0547. The molecule has 0 N–H and O–H groups in total. The van der Waals surface area contributed by atoms with Gasteiger partial charge in [-0.1, -0.05) is 170 Å². The molecule has 0 atom stereocenters. The molecule has 0 spiro atoms. The van der Waals surface area contributed by atoms with E-state index >= 15 is 0 Å². The van der Waals surface area contributed by atoms with Crippen LogP contribution in [0.3, 0.4) is 0 Å². The first-order valence-electron chi connectivity index (χ1n) is 23.6. The molecule has 4 aromatic heterocycles. The van der Waals surface area contributed by atoms with Crippen molar-refractivity contribution in [1.29, 1.82) is 0 Å². The Kier molecular flexibility index (Phi) is 9.14. The Morgan fingerprint density at radius 3 is 1.07 bits per heavy atom. The van der Waals surface area contributed by atoms with Crippen LogP contribution in [0, 0.1) is 0 Å². The van der Waals surface area contributed by atoms with Crippen molar-refractivity contribution < 1.29 is 0 Å². The molecule has 3 nitrogen and oxygen atoms in total. The minimum Gasteiger partial charge on any atom is -0.310 e. The van der Waals surface area contributed by atoms with E-state index in [2.05, 4.69) is 245 Å². The zero-order chi connectivity index (χ0) is 45.9. The molecule has 2 aliphatic heterocycles. The average Bonchev–Trinajstić information content (AvgIpc) is 4.22. The molecule has 0 fully saturated rings. The van der Waals surface area contributed by atoms with Gasteiger partial charge in [-0.2, -0.15) is 0 Å². The van der Waals surface area contributed by atoms with Crippen LogP contribution in [0.1, 0.15) is 0 Å². The van der Waals surface area contributed by atoms with Crippen molar-refractivity contribution in [2.24, 2.45) is 0 Å². The van der Waals surface area contributed by atoms with Crippen molar-refractivity contribution >= 4 is 159 Å². The van der Waals surface area contributed by atoms with Gasteiger partial charge in [-0.3, -0.25) is 0 Å². The lowest BCUT2D eigenvalue weighted by Crippen LogP contribution is -2.60. The maximum absolute atomic E-state index is 2.69. The van der Waals surface area contributed by atoms with Crippen molar-refractivity contribution in [3.63, 3.8) is 0 Å². The minimum atomic E-state index is -0.0547. The Labute approximate surface area is 421 Å². The summed E-state index contributed by atoms with van der Waals surface area (Å²) in [6.45, 7) is -0.0547. The van der Waals surface area contributed by atoms with Crippen LogP contribution in [0.15, 0.2) is 231 Å². The van der Waals surface area contributed by atoms with E-state index in [0.717, 1.165) is 17.1 Å². The van der Waals surface area contributed by atoms with Crippen molar-refractivity contribution in [3.05, 3.63) is 231 Å². The molecule has 8 heteroatoms.